The summed E-state index contributed by atoms with van der Waals surface area (Å²) in [6.07, 6.45) is 1.28. The minimum atomic E-state index is -0.709. The van der Waals surface area contributed by atoms with E-state index in [2.05, 4.69) is 0 Å². The Morgan fingerprint density at radius 1 is 1.48 bits per heavy atom. The monoisotopic (exact) mass is 312 g/mol. The number of hydrogen-bond acceptors (Lipinski definition) is 4. The van der Waals surface area contributed by atoms with Crippen molar-refractivity contribution >= 4 is 17.2 Å². The van der Waals surface area contributed by atoms with Gasteiger partial charge in [-0.1, -0.05) is 18.3 Å². The minimum absolute atomic E-state index is 0.0556. The standard InChI is InChI=1S/C15H21FN2O2S/c1-18(10-15(19)4-6-20-7-5-15)9-11-2-3-13(16)12(8-11)14(17)21/h2-3,8,19H,4-7,9-10H2,1H3,(H2,17,21). The number of benzene rings is 1. The van der Waals surface area contributed by atoms with Crippen LogP contribution in [0, 0.1) is 5.82 Å². The van der Waals surface area contributed by atoms with Crippen molar-refractivity contribution in [1.29, 1.82) is 0 Å². The van der Waals surface area contributed by atoms with Crippen LogP contribution in [-0.2, 0) is 11.3 Å². The summed E-state index contributed by atoms with van der Waals surface area (Å²) < 4.78 is 18.8. The lowest BCUT2D eigenvalue weighted by Crippen LogP contribution is -2.45. The molecule has 0 unspecified atom stereocenters. The van der Waals surface area contributed by atoms with Gasteiger partial charge in [-0.3, -0.25) is 4.90 Å². The largest absolute Gasteiger partial charge is 0.389 e. The first-order valence-corrected chi connectivity index (χ1v) is 7.37. The third-order valence-electron chi connectivity index (χ3n) is 3.74. The highest BCUT2D eigenvalue weighted by Crippen LogP contribution is 2.22. The number of rotatable bonds is 5. The van der Waals surface area contributed by atoms with Gasteiger partial charge in [-0.05, 0) is 24.7 Å². The number of ether oxygens (including phenoxy) is 1. The highest BCUT2D eigenvalue weighted by Gasteiger charge is 2.30. The zero-order valence-corrected chi connectivity index (χ0v) is 13.0. The molecule has 0 atom stereocenters. The van der Waals surface area contributed by atoms with Crippen molar-refractivity contribution in [2.75, 3.05) is 26.8 Å². The summed E-state index contributed by atoms with van der Waals surface area (Å²) in [5.41, 5.74) is 5.98. The topological polar surface area (TPSA) is 58.7 Å². The molecule has 1 aliphatic rings. The van der Waals surface area contributed by atoms with Crippen molar-refractivity contribution < 1.29 is 14.2 Å². The predicted molar refractivity (Wildman–Crippen MR) is 83.6 cm³/mol. The normalized spacial score (nSPS) is 17.9. The fourth-order valence-electron chi connectivity index (χ4n) is 2.64. The third-order valence-corrected chi connectivity index (χ3v) is 3.96. The molecule has 1 aromatic carbocycles. The Morgan fingerprint density at radius 2 is 2.14 bits per heavy atom. The maximum absolute atomic E-state index is 13.6. The van der Waals surface area contributed by atoms with Gasteiger partial charge < -0.3 is 15.6 Å². The van der Waals surface area contributed by atoms with E-state index in [-0.39, 0.29) is 10.6 Å². The van der Waals surface area contributed by atoms with Crippen LogP contribution in [0.25, 0.3) is 0 Å². The van der Waals surface area contributed by atoms with E-state index in [0.29, 0.717) is 39.1 Å². The fourth-order valence-corrected chi connectivity index (χ4v) is 2.80. The molecule has 0 radical (unpaired) electrons. The zero-order valence-electron chi connectivity index (χ0n) is 12.1. The summed E-state index contributed by atoms with van der Waals surface area (Å²) in [4.78, 5) is 2.07. The molecular formula is C15H21FN2O2S. The molecule has 1 fully saturated rings. The van der Waals surface area contributed by atoms with Crippen molar-refractivity contribution in [3.63, 3.8) is 0 Å². The highest BCUT2D eigenvalue weighted by molar-refractivity contribution is 7.80. The van der Waals surface area contributed by atoms with Crippen LogP contribution in [0.5, 0.6) is 0 Å². The Bertz CT molecular complexity index is 518. The van der Waals surface area contributed by atoms with E-state index in [1.807, 2.05) is 11.9 Å². The molecule has 0 amide bonds. The van der Waals surface area contributed by atoms with Gasteiger partial charge in [0, 0.05) is 44.7 Å². The molecule has 0 spiro atoms. The lowest BCUT2D eigenvalue weighted by molar-refractivity contribution is -0.0777. The van der Waals surface area contributed by atoms with Gasteiger partial charge in [-0.2, -0.15) is 0 Å². The van der Waals surface area contributed by atoms with Gasteiger partial charge in [0.25, 0.3) is 0 Å². The van der Waals surface area contributed by atoms with Gasteiger partial charge in [0.05, 0.1) is 5.60 Å². The third kappa shape index (κ3) is 4.44. The maximum Gasteiger partial charge on any atom is 0.133 e. The van der Waals surface area contributed by atoms with Gasteiger partial charge in [0.1, 0.15) is 10.8 Å². The van der Waals surface area contributed by atoms with Crippen LogP contribution < -0.4 is 5.73 Å². The van der Waals surface area contributed by atoms with Crippen LogP contribution in [0.15, 0.2) is 18.2 Å². The summed E-state index contributed by atoms with van der Waals surface area (Å²) in [6, 6.07) is 4.75. The molecule has 0 bridgehead atoms. The Hall–Kier alpha value is -1.08. The first-order valence-electron chi connectivity index (χ1n) is 6.96. The van der Waals surface area contributed by atoms with Gasteiger partial charge in [0.2, 0.25) is 0 Å². The smallest absolute Gasteiger partial charge is 0.133 e. The Morgan fingerprint density at radius 3 is 2.76 bits per heavy atom. The Kier molecular flexibility index (Phi) is 5.27. The number of aliphatic hydroxyl groups is 1. The molecule has 0 aliphatic carbocycles. The molecular weight excluding hydrogens is 291 g/mol. The van der Waals surface area contributed by atoms with E-state index >= 15 is 0 Å². The molecule has 2 rings (SSSR count). The van der Waals surface area contributed by atoms with Crippen LogP contribution in [0.3, 0.4) is 0 Å². The molecule has 1 aliphatic heterocycles. The average Bonchev–Trinajstić information content (AvgIpc) is 2.40. The van der Waals surface area contributed by atoms with E-state index in [1.54, 1.807) is 12.1 Å². The van der Waals surface area contributed by atoms with Crippen molar-refractivity contribution in [1.82, 2.24) is 4.90 Å². The predicted octanol–water partition coefficient (Wildman–Crippen LogP) is 1.43. The number of thiocarbonyl (C=S) groups is 1. The quantitative estimate of drug-likeness (QED) is 0.806. The zero-order chi connectivity index (χ0) is 15.5. The van der Waals surface area contributed by atoms with Crippen molar-refractivity contribution in [2.45, 2.75) is 25.0 Å². The summed E-state index contributed by atoms with van der Waals surface area (Å²) in [5, 5.41) is 10.5. The van der Waals surface area contributed by atoms with Crippen LogP contribution in [0.1, 0.15) is 24.0 Å². The minimum Gasteiger partial charge on any atom is -0.389 e. The molecule has 1 heterocycles. The van der Waals surface area contributed by atoms with Gasteiger partial charge >= 0.3 is 0 Å². The van der Waals surface area contributed by atoms with E-state index in [4.69, 9.17) is 22.7 Å². The summed E-state index contributed by atoms with van der Waals surface area (Å²) >= 11 is 4.84. The number of nitrogens with two attached hydrogens (primary N) is 1. The molecule has 0 aromatic heterocycles. The van der Waals surface area contributed by atoms with Crippen LogP contribution >= 0.6 is 12.2 Å². The van der Waals surface area contributed by atoms with Crippen molar-refractivity contribution in [3.8, 4) is 0 Å². The van der Waals surface area contributed by atoms with E-state index in [0.717, 1.165) is 5.56 Å². The Balaban J connectivity index is 2.00. The second-order valence-corrected chi connectivity index (χ2v) is 6.13. The van der Waals surface area contributed by atoms with E-state index in [1.165, 1.54) is 6.07 Å². The van der Waals surface area contributed by atoms with Crippen LogP contribution in [0.4, 0.5) is 4.39 Å². The second-order valence-electron chi connectivity index (χ2n) is 5.69. The summed E-state index contributed by atoms with van der Waals surface area (Å²) in [6.45, 7) is 2.33. The van der Waals surface area contributed by atoms with E-state index in [9.17, 15) is 9.50 Å². The maximum atomic E-state index is 13.6. The first-order chi connectivity index (χ1) is 9.89. The number of likely N-dealkylation sites (N-methyl/N-ethyl adjacent to an activating group) is 1. The van der Waals surface area contributed by atoms with Gasteiger partial charge in [0.15, 0.2) is 0 Å². The molecule has 4 nitrogen and oxygen atoms in total. The highest BCUT2D eigenvalue weighted by atomic mass is 32.1. The fraction of sp³-hybridized carbons (Fsp3) is 0.533. The first kappa shape index (κ1) is 16.3. The molecule has 3 N–H and O–H groups in total. The second kappa shape index (κ2) is 6.79. The molecule has 1 aromatic rings. The summed E-state index contributed by atoms with van der Waals surface area (Å²) in [7, 11) is 1.93. The van der Waals surface area contributed by atoms with Crippen LogP contribution in [-0.4, -0.2) is 47.4 Å². The summed E-state index contributed by atoms with van der Waals surface area (Å²) in [5.74, 6) is -0.406. The molecule has 6 heteroatoms. The van der Waals surface area contributed by atoms with Crippen molar-refractivity contribution in [3.05, 3.63) is 35.1 Å². The molecule has 116 valence electrons. The van der Waals surface area contributed by atoms with Crippen LogP contribution in [0.2, 0.25) is 0 Å². The van der Waals surface area contributed by atoms with Gasteiger partial charge in [-0.15, -0.1) is 0 Å². The van der Waals surface area contributed by atoms with Crippen molar-refractivity contribution in [2.24, 2.45) is 5.73 Å². The average molecular weight is 312 g/mol. The lowest BCUT2D eigenvalue weighted by Gasteiger charge is -2.35. The van der Waals surface area contributed by atoms with E-state index < -0.39 is 11.4 Å². The van der Waals surface area contributed by atoms with Gasteiger partial charge in [-0.25, -0.2) is 4.39 Å². The Labute approximate surface area is 129 Å². The molecule has 21 heavy (non-hydrogen) atoms. The number of nitrogens with zero attached hydrogens (tertiary/aromatic N) is 1. The number of halogens is 1. The number of hydrogen-bond donors (Lipinski definition) is 2. The lowest BCUT2D eigenvalue weighted by atomic mass is 9.94. The SMILES string of the molecule is CN(Cc1ccc(F)c(C(N)=S)c1)CC1(O)CCOCC1. The molecule has 0 saturated carbocycles. The molecule has 1 saturated heterocycles.